The Bertz CT molecular complexity index is 483. The lowest BCUT2D eigenvalue weighted by Gasteiger charge is -2.07. The van der Waals surface area contributed by atoms with Gasteiger partial charge in [0, 0.05) is 24.1 Å². The van der Waals surface area contributed by atoms with Gasteiger partial charge in [0.2, 0.25) is 5.82 Å². The molecule has 0 atom stereocenters. The third-order valence-electron chi connectivity index (χ3n) is 1.95. The Morgan fingerprint density at radius 3 is 2.31 bits per heavy atom. The normalized spacial score (nSPS) is 10.2. The van der Waals surface area contributed by atoms with E-state index >= 15 is 0 Å². The second-order valence-corrected chi connectivity index (χ2v) is 4.34. The van der Waals surface area contributed by atoms with Crippen LogP contribution in [0.3, 0.4) is 0 Å². The molecular weight excluding hydrogens is 270 g/mol. The maximum absolute atomic E-state index is 4.03. The second kappa shape index (κ2) is 4.52. The molecule has 0 aliphatic rings. The number of rotatable bonds is 2. The Kier molecular flexibility index (Phi) is 3.09. The molecule has 1 aromatic heterocycles. The number of hydrogen-bond donors (Lipinski definition) is 0. The fraction of sp³-hybridized carbons (Fsp3) is 0.200. The molecule has 0 N–H and O–H groups in total. The Morgan fingerprint density at radius 1 is 1.06 bits per heavy atom. The predicted octanol–water partition coefficient (Wildman–Crippen LogP) is 1.76. The first-order valence-corrected chi connectivity index (χ1v) is 5.47. The van der Waals surface area contributed by atoms with Crippen LogP contribution in [0.25, 0.3) is 11.4 Å². The summed E-state index contributed by atoms with van der Waals surface area (Å²) in [6.45, 7) is 0. The summed E-state index contributed by atoms with van der Waals surface area (Å²) in [4.78, 5) is 1.75. The molecule has 1 heterocycles. The zero-order valence-corrected chi connectivity index (χ0v) is 10.5. The van der Waals surface area contributed by atoms with Crippen molar-refractivity contribution in [1.29, 1.82) is 0 Å². The van der Waals surface area contributed by atoms with Crippen LogP contribution >= 0.6 is 15.9 Å². The van der Waals surface area contributed by atoms with Gasteiger partial charge >= 0.3 is 0 Å². The maximum Gasteiger partial charge on any atom is 0.264 e. The summed E-state index contributed by atoms with van der Waals surface area (Å²) in [5.74, 6) is 1.02. The van der Waals surface area contributed by atoms with Crippen molar-refractivity contribution in [3.05, 3.63) is 28.7 Å². The van der Waals surface area contributed by atoms with Gasteiger partial charge in [-0.25, -0.2) is 0 Å². The number of halogens is 1. The van der Waals surface area contributed by atoms with E-state index in [4.69, 9.17) is 0 Å². The Hall–Kier alpha value is -1.56. The van der Waals surface area contributed by atoms with Crippen LogP contribution < -0.4 is 4.90 Å². The molecule has 2 aromatic rings. The predicted molar refractivity (Wildman–Crippen MR) is 65.1 cm³/mol. The van der Waals surface area contributed by atoms with Gasteiger partial charge in [0.1, 0.15) is 0 Å². The number of aromatic nitrogens is 4. The van der Waals surface area contributed by atoms with Crippen molar-refractivity contribution in [2.45, 2.75) is 0 Å². The van der Waals surface area contributed by atoms with Gasteiger partial charge < -0.3 is 4.90 Å². The lowest BCUT2D eigenvalue weighted by atomic mass is 10.2. The standard InChI is InChI=1S/C10H10BrN5/c1-16(2)10-14-12-9(13-15-10)7-4-3-5-8(11)6-7/h3-6H,1-2H3. The highest BCUT2D eigenvalue weighted by Crippen LogP contribution is 2.18. The molecule has 0 amide bonds. The minimum absolute atomic E-state index is 0.499. The Balaban J connectivity index is 2.35. The molecule has 6 heteroatoms. The van der Waals surface area contributed by atoms with Crippen molar-refractivity contribution in [3.8, 4) is 11.4 Å². The largest absolute Gasteiger partial charge is 0.344 e. The number of nitrogens with zero attached hydrogens (tertiary/aromatic N) is 5. The Morgan fingerprint density at radius 2 is 1.75 bits per heavy atom. The van der Waals surface area contributed by atoms with Crippen LogP contribution in [0.15, 0.2) is 28.7 Å². The van der Waals surface area contributed by atoms with Crippen molar-refractivity contribution in [3.63, 3.8) is 0 Å². The molecule has 0 spiro atoms. The number of benzene rings is 1. The zero-order chi connectivity index (χ0) is 11.5. The smallest absolute Gasteiger partial charge is 0.264 e. The van der Waals surface area contributed by atoms with Gasteiger partial charge in [-0.15, -0.1) is 20.4 Å². The second-order valence-electron chi connectivity index (χ2n) is 3.43. The van der Waals surface area contributed by atoms with Gasteiger partial charge in [0.05, 0.1) is 0 Å². The molecule has 5 nitrogen and oxygen atoms in total. The molecule has 16 heavy (non-hydrogen) atoms. The van der Waals surface area contributed by atoms with E-state index in [1.807, 2.05) is 38.4 Å². The minimum atomic E-state index is 0.499. The first-order chi connectivity index (χ1) is 7.66. The van der Waals surface area contributed by atoms with Gasteiger partial charge in [0.25, 0.3) is 5.95 Å². The van der Waals surface area contributed by atoms with Crippen LogP contribution in [0, 0.1) is 0 Å². The first kappa shape index (κ1) is 10.9. The third-order valence-corrected chi connectivity index (χ3v) is 2.44. The summed E-state index contributed by atoms with van der Waals surface area (Å²) in [5.41, 5.74) is 0.889. The highest BCUT2D eigenvalue weighted by atomic mass is 79.9. The van der Waals surface area contributed by atoms with E-state index in [1.54, 1.807) is 4.90 Å². The molecule has 0 aliphatic heterocycles. The van der Waals surface area contributed by atoms with Crippen LogP contribution in [-0.4, -0.2) is 34.5 Å². The lowest BCUT2D eigenvalue weighted by Crippen LogP contribution is -2.14. The van der Waals surface area contributed by atoms with Crippen molar-refractivity contribution in [2.24, 2.45) is 0 Å². The maximum atomic E-state index is 4.03. The summed E-state index contributed by atoms with van der Waals surface area (Å²) < 4.78 is 0.977. The summed E-state index contributed by atoms with van der Waals surface area (Å²) >= 11 is 3.39. The molecule has 1 aromatic carbocycles. The minimum Gasteiger partial charge on any atom is -0.344 e. The number of hydrogen-bond acceptors (Lipinski definition) is 5. The Labute approximate surface area is 102 Å². The van der Waals surface area contributed by atoms with E-state index in [9.17, 15) is 0 Å². The summed E-state index contributed by atoms with van der Waals surface area (Å²) in [6, 6.07) is 7.70. The zero-order valence-electron chi connectivity index (χ0n) is 8.92. The summed E-state index contributed by atoms with van der Waals surface area (Å²) in [7, 11) is 3.69. The molecule has 82 valence electrons. The number of anilines is 1. The van der Waals surface area contributed by atoms with Gasteiger partial charge in [0.15, 0.2) is 0 Å². The van der Waals surface area contributed by atoms with Gasteiger partial charge in [-0.05, 0) is 12.1 Å². The van der Waals surface area contributed by atoms with Crippen molar-refractivity contribution < 1.29 is 0 Å². The van der Waals surface area contributed by atoms with Crippen LogP contribution in [0.5, 0.6) is 0 Å². The quantitative estimate of drug-likeness (QED) is 0.839. The topological polar surface area (TPSA) is 54.8 Å². The van der Waals surface area contributed by atoms with E-state index in [0.29, 0.717) is 11.8 Å². The van der Waals surface area contributed by atoms with E-state index < -0.39 is 0 Å². The SMILES string of the molecule is CN(C)c1nnc(-c2cccc(Br)c2)nn1. The molecule has 0 bridgehead atoms. The molecule has 0 saturated heterocycles. The van der Waals surface area contributed by atoms with Crippen molar-refractivity contribution in [2.75, 3.05) is 19.0 Å². The molecule has 0 unspecified atom stereocenters. The highest BCUT2D eigenvalue weighted by Gasteiger charge is 2.05. The van der Waals surface area contributed by atoms with E-state index in [2.05, 4.69) is 36.3 Å². The van der Waals surface area contributed by atoms with Crippen molar-refractivity contribution in [1.82, 2.24) is 20.4 Å². The fourth-order valence-electron chi connectivity index (χ4n) is 1.15. The lowest BCUT2D eigenvalue weighted by molar-refractivity contribution is 0.830. The molecule has 0 fully saturated rings. The average Bonchev–Trinajstić information content (AvgIpc) is 2.29. The van der Waals surface area contributed by atoms with Crippen LogP contribution in [0.1, 0.15) is 0 Å². The molecule has 0 saturated carbocycles. The molecular formula is C10H10BrN5. The van der Waals surface area contributed by atoms with Crippen LogP contribution in [-0.2, 0) is 0 Å². The van der Waals surface area contributed by atoms with Gasteiger partial charge in [-0.1, -0.05) is 28.1 Å². The summed E-state index contributed by atoms with van der Waals surface area (Å²) in [5, 5.41) is 16.0. The van der Waals surface area contributed by atoms with Crippen molar-refractivity contribution >= 4 is 21.9 Å². The molecule has 0 radical (unpaired) electrons. The average molecular weight is 280 g/mol. The van der Waals surface area contributed by atoms with E-state index in [0.717, 1.165) is 10.0 Å². The van der Waals surface area contributed by atoms with E-state index in [1.165, 1.54) is 0 Å². The van der Waals surface area contributed by atoms with Gasteiger partial charge in [-0.2, -0.15) is 0 Å². The highest BCUT2D eigenvalue weighted by molar-refractivity contribution is 9.10. The summed E-state index contributed by atoms with van der Waals surface area (Å²) in [6.07, 6.45) is 0. The molecule has 0 aliphatic carbocycles. The van der Waals surface area contributed by atoms with E-state index in [-0.39, 0.29) is 0 Å². The monoisotopic (exact) mass is 279 g/mol. The van der Waals surface area contributed by atoms with Crippen LogP contribution in [0.2, 0.25) is 0 Å². The van der Waals surface area contributed by atoms with Crippen LogP contribution in [0.4, 0.5) is 5.95 Å². The first-order valence-electron chi connectivity index (χ1n) is 4.67. The third kappa shape index (κ3) is 2.33. The van der Waals surface area contributed by atoms with Gasteiger partial charge in [-0.3, -0.25) is 0 Å². The molecule has 2 rings (SSSR count). The fourth-order valence-corrected chi connectivity index (χ4v) is 1.55.